The van der Waals surface area contributed by atoms with Gasteiger partial charge in [-0.2, -0.15) is 0 Å². The van der Waals surface area contributed by atoms with E-state index >= 15 is 0 Å². The molecule has 0 aromatic carbocycles. The predicted octanol–water partition coefficient (Wildman–Crippen LogP) is -0.994. The summed E-state index contributed by atoms with van der Waals surface area (Å²) in [6.07, 6.45) is 1.94. The molecule has 1 unspecified atom stereocenters. The summed E-state index contributed by atoms with van der Waals surface area (Å²) in [6.45, 7) is -0.245. The quantitative estimate of drug-likeness (QED) is 0.552. The van der Waals surface area contributed by atoms with Crippen LogP contribution in [0.4, 0.5) is 4.79 Å². The van der Waals surface area contributed by atoms with Crippen molar-refractivity contribution >= 4 is 17.9 Å². The van der Waals surface area contributed by atoms with E-state index in [1.807, 2.05) is 0 Å². The molecule has 8 nitrogen and oxygen atoms in total. The number of carboxylic acid groups (broad SMARTS) is 1. The van der Waals surface area contributed by atoms with Gasteiger partial charge >= 0.3 is 12.0 Å². The zero-order chi connectivity index (χ0) is 14.4. The van der Waals surface area contributed by atoms with Crippen molar-refractivity contribution < 1.29 is 24.2 Å². The third-order valence-corrected chi connectivity index (χ3v) is 2.60. The minimum absolute atomic E-state index is 0.109. The number of urea groups is 1. The maximum absolute atomic E-state index is 11.7. The van der Waals surface area contributed by atoms with E-state index in [-0.39, 0.29) is 25.1 Å². The minimum Gasteiger partial charge on any atom is -0.480 e. The number of rotatable bonds is 7. The Morgan fingerprint density at radius 3 is 2.53 bits per heavy atom. The molecule has 0 radical (unpaired) electrons. The number of carbonyl (C=O) groups is 3. The monoisotopic (exact) mass is 273 g/mol. The molecular formula is C11H19N3O5. The largest absolute Gasteiger partial charge is 0.480 e. The van der Waals surface area contributed by atoms with Gasteiger partial charge in [-0.25, -0.2) is 9.59 Å². The Morgan fingerprint density at radius 2 is 2.05 bits per heavy atom. The third-order valence-electron chi connectivity index (χ3n) is 2.60. The number of nitrogens with one attached hydrogen (secondary N) is 2. The molecule has 1 aliphatic rings. The average molecular weight is 273 g/mol. The van der Waals surface area contributed by atoms with Crippen molar-refractivity contribution in [2.75, 3.05) is 27.3 Å². The van der Waals surface area contributed by atoms with E-state index in [0.717, 1.165) is 17.7 Å². The Morgan fingerprint density at radius 1 is 1.42 bits per heavy atom. The Bertz CT molecular complexity index is 356. The van der Waals surface area contributed by atoms with Crippen LogP contribution in [0.15, 0.2) is 0 Å². The van der Waals surface area contributed by atoms with Gasteiger partial charge in [-0.15, -0.1) is 0 Å². The predicted molar refractivity (Wildman–Crippen MR) is 65.6 cm³/mol. The Balaban J connectivity index is 2.36. The summed E-state index contributed by atoms with van der Waals surface area (Å²) in [4.78, 5) is 35.1. The molecule has 0 spiro atoms. The van der Waals surface area contributed by atoms with Gasteiger partial charge in [0.2, 0.25) is 5.91 Å². The van der Waals surface area contributed by atoms with Crippen molar-refractivity contribution in [1.82, 2.24) is 15.5 Å². The van der Waals surface area contributed by atoms with Gasteiger partial charge < -0.3 is 25.4 Å². The van der Waals surface area contributed by atoms with Gasteiger partial charge in [0.25, 0.3) is 0 Å². The first-order chi connectivity index (χ1) is 8.93. The summed E-state index contributed by atoms with van der Waals surface area (Å²) < 4.78 is 4.69. The van der Waals surface area contributed by atoms with E-state index in [1.54, 1.807) is 0 Å². The lowest BCUT2D eigenvalue weighted by atomic mass is 10.3. The van der Waals surface area contributed by atoms with Crippen LogP contribution in [0.1, 0.15) is 12.8 Å². The van der Waals surface area contributed by atoms with Crippen LogP contribution >= 0.6 is 0 Å². The van der Waals surface area contributed by atoms with E-state index < -0.39 is 18.0 Å². The molecule has 1 saturated carbocycles. The van der Waals surface area contributed by atoms with Crippen LogP contribution in [0.3, 0.4) is 0 Å². The number of likely N-dealkylation sites (N-methyl/N-ethyl adjacent to an activating group) is 1. The third kappa shape index (κ3) is 5.56. The van der Waals surface area contributed by atoms with Gasteiger partial charge in [0.05, 0.1) is 6.61 Å². The van der Waals surface area contributed by atoms with Gasteiger partial charge in [-0.3, -0.25) is 4.79 Å². The molecule has 3 amide bonds. The lowest BCUT2D eigenvalue weighted by Gasteiger charge is -2.20. The first kappa shape index (κ1) is 15.2. The second-order valence-electron chi connectivity index (χ2n) is 4.49. The number of carboxylic acids is 1. The molecule has 0 aromatic heterocycles. The number of methoxy groups -OCH3 is 1. The summed E-state index contributed by atoms with van der Waals surface area (Å²) in [6, 6.07) is -1.54. The summed E-state index contributed by atoms with van der Waals surface area (Å²) in [5.74, 6) is -1.44. The second kappa shape index (κ2) is 6.93. The summed E-state index contributed by atoms with van der Waals surface area (Å²) in [7, 11) is 2.77. The van der Waals surface area contributed by atoms with Crippen LogP contribution in [-0.2, 0) is 14.3 Å². The van der Waals surface area contributed by atoms with Crippen molar-refractivity contribution in [3.05, 3.63) is 0 Å². The summed E-state index contributed by atoms with van der Waals surface area (Å²) >= 11 is 0. The summed E-state index contributed by atoms with van der Waals surface area (Å²) in [5, 5.41) is 13.9. The molecule has 1 fully saturated rings. The Labute approximate surface area is 111 Å². The highest BCUT2D eigenvalue weighted by molar-refractivity contribution is 5.86. The summed E-state index contributed by atoms with van der Waals surface area (Å²) in [5.41, 5.74) is 0. The second-order valence-corrected chi connectivity index (χ2v) is 4.49. The van der Waals surface area contributed by atoms with Crippen LogP contribution in [0.5, 0.6) is 0 Å². The smallest absolute Gasteiger partial charge is 0.328 e. The number of ether oxygens (including phenoxy) is 1. The number of hydrogen-bond acceptors (Lipinski definition) is 4. The zero-order valence-corrected chi connectivity index (χ0v) is 11.0. The van der Waals surface area contributed by atoms with Gasteiger partial charge in [0.1, 0.15) is 6.54 Å². The van der Waals surface area contributed by atoms with Crippen molar-refractivity contribution in [2.24, 2.45) is 0 Å². The maximum atomic E-state index is 11.7. The molecule has 0 aliphatic heterocycles. The molecule has 0 bridgehead atoms. The molecule has 1 rings (SSSR count). The molecule has 19 heavy (non-hydrogen) atoms. The highest BCUT2D eigenvalue weighted by atomic mass is 16.5. The van der Waals surface area contributed by atoms with E-state index in [2.05, 4.69) is 10.6 Å². The molecule has 3 N–H and O–H groups in total. The van der Waals surface area contributed by atoms with Gasteiger partial charge in [0, 0.05) is 20.2 Å². The molecule has 0 aromatic rings. The first-order valence-electron chi connectivity index (χ1n) is 5.96. The lowest BCUT2D eigenvalue weighted by Crippen LogP contribution is -2.50. The lowest BCUT2D eigenvalue weighted by molar-refractivity contribution is -0.140. The number of carbonyl (C=O) groups excluding carboxylic acids is 2. The molecule has 108 valence electrons. The van der Waals surface area contributed by atoms with Crippen molar-refractivity contribution in [2.45, 2.75) is 24.9 Å². The van der Waals surface area contributed by atoms with E-state index in [1.165, 1.54) is 14.2 Å². The maximum Gasteiger partial charge on any atom is 0.328 e. The number of aliphatic carboxylic acids is 1. The molecule has 1 aliphatic carbocycles. The first-order valence-corrected chi connectivity index (χ1v) is 5.96. The fraction of sp³-hybridized carbons (Fsp3) is 0.727. The van der Waals surface area contributed by atoms with Crippen LogP contribution in [-0.4, -0.2) is 67.3 Å². The number of amides is 3. The topological polar surface area (TPSA) is 108 Å². The van der Waals surface area contributed by atoms with Crippen molar-refractivity contribution in [3.8, 4) is 0 Å². The van der Waals surface area contributed by atoms with Crippen molar-refractivity contribution in [3.63, 3.8) is 0 Å². The molecule has 8 heteroatoms. The standard InChI is InChI=1S/C11H19N3O5/c1-14(5-9(15)12-7-3-4-7)11(18)13-8(6-19-2)10(16)17/h7-8H,3-6H2,1-2H3,(H,12,15)(H,13,18)(H,16,17). The molecule has 0 saturated heterocycles. The zero-order valence-electron chi connectivity index (χ0n) is 11.0. The fourth-order valence-electron chi connectivity index (χ4n) is 1.39. The van der Waals surface area contributed by atoms with Crippen molar-refractivity contribution in [1.29, 1.82) is 0 Å². The van der Waals surface area contributed by atoms with E-state index in [0.29, 0.717) is 0 Å². The highest BCUT2D eigenvalue weighted by Crippen LogP contribution is 2.18. The van der Waals surface area contributed by atoms with Crippen LogP contribution in [0.25, 0.3) is 0 Å². The van der Waals surface area contributed by atoms with Gasteiger partial charge in [-0.1, -0.05) is 0 Å². The van der Waals surface area contributed by atoms with Crippen LogP contribution in [0, 0.1) is 0 Å². The van der Waals surface area contributed by atoms with Gasteiger partial charge in [0.15, 0.2) is 6.04 Å². The molecule has 0 heterocycles. The van der Waals surface area contributed by atoms with E-state index in [9.17, 15) is 14.4 Å². The number of hydrogen-bond donors (Lipinski definition) is 3. The molecule has 1 atom stereocenters. The normalized spacial score (nSPS) is 15.5. The fourth-order valence-corrected chi connectivity index (χ4v) is 1.39. The molecular weight excluding hydrogens is 254 g/mol. The highest BCUT2D eigenvalue weighted by Gasteiger charge is 2.25. The van der Waals surface area contributed by atoms with Gasteiger partial charge in [-0.05, 0) is 12.8 Å². The van der Waals surface area contributed by atoms with E-state index in [4.69, 9.17) is 9.84 Å². The van der Waals surface area contributed by atoms with Crippen LogP contribution < -0.4 is 10.6 Å². The Kier molecular flexibility index (Phi) is 5.56. The SMILES string of the molecule is COCC(NC(=O)N(C)CC(=O)NC1CC1)C(=O)O. The minimum atomic E-state index is -1.19. The average Bonchev–Trinajstić information content (AvgIpc) is 3.11. The Hall–Kier alpha value is -1.83. The van der Waals surface area contributed by atoms with Crippen LogP contribution in [0.2, 0.25) is 0 Å². The number of nitrogens with zero attached hydrogens (tertiary/aromatic N) is 1.